The summed E-state index contributed by atoms with van der Waals surface area (Å²) in [4.78, 5) is 4.07. The lowest BCUT2D eigenvalue weighted by Gasteiger charge is -2.11. The number of hydrogen-bond acceptors (Lipinski definition) is 2. The van der Waals surface area contributed by atoms with Crippen LogP contribution in [0.5, 0.6) is 0 Å². The van der Waals surface area contributed by atoms with E-state index in [1.54, 1.807) is 6.20 Å². The molecule has 0 saturated heterocycles. The zero-order chi connectivity index (χ0) is 10.2. The van der Waals surface area contributed by atoms with Gasteiger partial charge in [0.05, 0.1) is 0 Å². The van der Waals surface area contributed by atoms with Crippen molar-refractivity contribution in [1.82, 2.24) is 10.3 Å². The third-order valence-electron chi connectivity index (χ3n) is 1.98. The van der Waals surface area contributed by atoms with E-state index in [1.807, 2.05) is 24.4 Å². The second-order valence-electron chi connectivity index (χ2n) is 3.04. The fourth-order valence-electron chi connectivity index (χ4n) is 1.14. The van der Waals surface area contributed by atoms with Gasteiger partial charge in [-0.3, -0.25) is 4.98 Å². The molecule has 0 saturated carbocycles. The summed E-state index contributed by atoms with van der Waals surface area (Å²) in [6.45, 7) is 2.95. The van der Waals surface area contributed by atoms with Gasteiger partial charge in [0.1, 0.15) is 0 Å². The number of rotatable bonds is 5. The molecule has 2 nitrogen and oxygen atoms in total. The molecule has 0 bridgehead atoms. The molecule has 0 aromatic carbocycles. The summed E-state index contributed by atoms with van der Waals surface area (Å²) in [5.74, 6) is 0.572. The van der Waals surface area contributed by atoms with Gasteiger partial charge in [0.15, 0.2) is 0 Å². The molecule has 3 heteroatoms. The summed E-state index contributed by atoms with van der Waals surface area (Å²) < 4.78 is 0. The van der Waals surface area contributed by atoms with Gasteiger partial charge in [0.25, 0.3) is 0 Å². The molecule has 0 spiro atoms. The van der Waals surface area contributed by atoms with E-state index in [0.717, 1.165) is 6.54 Å². The summed E-state index contributed by atoms with van der Waals surface area (Å²) in [6.07, 6.45) is 7.62. The van der Waals surface area contributed by atoms with Crippen LogP contribution in [0.2, 0.25) is 0 Å². The number of alkyl halides is 1. The van der Waals surface area contributed by atoms with Crippen molar-refractivity contribution < 1.29 is 0 Å². The van der Waals surface area contributed by atoms with E-state index in [-0.39, 0.29) is 0 Å². The molecule has 76 valence electrons. The molecule has 0 aliphatic heterocycles. The Hall–Kier alpha value is -0.860. The number of aromatic nitrogens is 1. The quantitative estimate of drug-likeness (QED) is 0.597. The van der Waals surface area contributed by atoms with Crippen LogP contribution >= 0.6 is 11.6 Å². The van der Waals surface area contributed by atoms with Crippen molar-refractivity contribution >= 4 is 11.6 Å². The van der Waals surface area contributed by atoms with Crippen molar-refractivity contribution in [3.8, 4) is 0 Å². The van der Waals surface area contributed by atoms with Gasteiger partial charge in [-0.2, -0.15) is 0 Å². The third-order valence-corrected chi connectivity index (χ3v) is 2.16. The van der Waals surface area contributed by atoms with Gasteiger partial charge in [0, 0.05) is 30.9 Å². The minimum atomic E-state index is 0.323. The summed E-state index contributed by atoms with van der Waals surface area (Å²) in [5, 5.41) is 3.35. The van der Waals surface area contributed by atoms with Gasteiger partial charge in [-0.05, 0) is 18.6 Å². The van der Waals surface area contributed by atoms with Crippen LogP contribution < -0.4 is 5.32 Å². The molecule has 0 fully saturated rings. The molecule has 14 heavy (non-hydrogen) atoms. The molecule has 1 heterocycles. The van der Waals surface area contributed by atoms with Gasteiger partial charge in [-0.15, -0.1) is 11.6 Å². The Bertz CT molecular complexity index is 272. The van der Waals surface area contributed by atoms with Gasteiger partial charge in [-0.1, -0.05) is 18.2 Å². The van der Waals surface area contributed by atoms with Gasteiger partial charge in [0.2, 0.25) is 0 Å². The number of nitrogens with zero attached hydrogens (tertiary/aromatic N) is 1. The predicted octanol–water partition coefficient (Wildman–Crippen LogP) is 2.53. The Balaban J connectivity index is 2.36. The fourth-order valence-corrected chi connectivity index (χ4v) is 1.27. The molecule has 1 aromatic rings. The number of halogens is 1. The molecule has 0 amide bonds. The van der Waals surface area contributed by atoms with E-state index in [1.165, 1.54) is 5.56 Å². The number of allylic oxidation sites excluding steroid dienone is 1. The topological polar surface area (TPSA) is 24.9 Å². The van der Waals surface area contributed by atoms with E-state index in [2.05, 4.69) is 23.3 Å². The first-order valence-electron chi connectivity index (χ1n) is 4.69. The molecule has 0 aliphatic carbocycles. The van der Waals surface area contributed by atoms with E-state index in [4.69, 9.17) is 11.6 Å². The van der Waals surface area contributed by atoms with Crippen molar-refractivity contribution in [2.75, 3.05) is 12.4 Å². The van der Waals surface area contributed by atoms with E-state index < -0.39 is 0 Å². The summed E-state index contributed by atoms with van der Waals surface area (Å²) >= 11 is 5.51. The number of hydrogen-bond donors (Lipinski definition) is 1. The standard InChI is InChI=1S/C11H15ClN2/c1-10(14-8-3-2-6-12)11-5-4-7-13-9-11/h2-5,7,9-10,14H,6,8H2,1H3/b3-2+. The highest BCUT2D eigenvalue weighted by Crippen LogP contribution is 2.08. The maximum absolute atomic E-state index is 5.51. The van der Waals surface area contributed by atoms with Crippen LogP contribution in [0.25, 0.3) is 0 Å². The average Bonchev–Trinajstić information content (AvgIpc) is 2.25. The number of nitrogens with one attached hydrogen (secondary N) is 1. The second kappa shape index (κ2) is 6.57. The summed E-state index contributed by atoms with van der Waals surface area (Å²) in [5.41, 5.74) is 1.20. The molecule has 1 rings (SSSR count). The smallest absolute Gasteiger partial charge is 0.0404 e. The van der Waals surface area contributed by atoms with Crippen molar-refractivity contribution in [3.63, 3.8) is 0 Å². The monoisotopic (exact) mass is 210 g/mol. The van der Waals surface area contributed by atoms with Crippen molar-refractivity contribution in [3.05, 3.63) is 42.2 Å². The summed E-state index contributed by atoms with van der Waals surface area (Å²) in [6, 6.07) is 4.33. The van der Waals surface area contributed by atoms with E-state index >= 15 is 0 Å². The van der Waals surface area contributed by atoms with Crippen LogP contribution in [0.4, 0.5) is 0 Å². The van der Waals surface area contributed by atoms with Crippen LogP contribution in [0.3, 0.4) is 0 Å². The minimum Gasteiger partial charge on any atom is -0.307 e. The first kappa shape index (κ1) is 11.2. The van der Waals surface area contributed by atoms with E-state index in [9.17, 15) is 0 Å². The van der Waals surface area contributed by atoms with Crippen molar-refractivity contribution in [2.45, 2.75) is 13.0 Å². The average molecular weight is 211 g/mol. The van der Waals surface area contributed by atoms with Crippen LogP contribution in [-0.4, -0.2) is 17.4 Å². The van der Waals surface area contributed by atoms with Crippen LogP contribution in [0.15, 0.2) is 36.7 Å². The number of pyridine rings is 1. The molecular formula is C11H15ClN2. The lowest BCUT2D eigenvalue weighted by atomic mass is 10.1. The Morgan fingerprint density at radius 2 is 2.43 bits per heavy atom. The zero-order valence-electron chi connectivity index (χ0n) is 8.28. The highest BCUT2D eigenvalue weighted by molar-refractivity contribution is 6.18. The Labute approximate surface area is 90.0 Å². The highest BCUT2D eigenvalue weighted by Gasteiger charge is 2.01. The molecule has 1 atom stereocenters. The highest BCUT2D eigenvalue weighted by atomic mass is 35.5. The third kappa shape index (κ3) is 3.90. The minimum absolute atomic E-state index is 0.323. The maximum atomic E-state index is 5.51. The maximum Gasteiger partial charge on any atom is 0.0404 e. The molecule has 0 aliphatic rings. The SMILES string of the molecule is CC(NC/C=C/CCl)c1cccnc1. The Morgan fingerprint density at radius 1 is 1.57 bits per heavy atom. The molecule has 1 unspecified atom stereocenters. The van der Waals surface area contributed by atoms with Crippen LogP contribution in [0.1, 0.15) is 18.5 Å². The largest absolute Gasteiger partial charge is 0.307 e. The molecule has 1 aromatic heterocycles. The lowest BCUT2D eigenvalue weighted by Crippen LogP contribution is -2.18. The molecular weight excluding hydrogens is 196 g/mol. The van der Waals surface area contributed by atoms with Gasteiger partial charge in [-0.25, -0.2) is 0 Å². The fraction of sp³-hybridized carbons (Fsp3) is 0.364. The van der Waals surface area contributed by atoms with Gasteiger partial charge < -0.3 is 5.32 Å². The Kier molecular flexibility index (Phi) is 5.27. The first-order chi connectivity index (χ1) is 6.84. The second-order valence-corrected chi connectivity index (χ2v) is 3.35. The molecule has 0 radical (unpaired) electrons. The zero-order valence-corrected chi connectivity index (χ0v) is 9.04. The van der Waals surface area contributed by atoms with Crippen LogP contribution in [0, 0.1) is 0 Å². The lowest BCUT2D eigenvalue weighted by molar-refractivity contribution is 0.615. The van der Waals surface area contributed by atoms with E-state index in [0.29, 0.717) is 11.9 Å². The van der Waals surface area contributed by atoms with Crippen LogP contribution in [-0.2, 0) is 0 Å². The van der Waals surface area contributed by atoms with Gasteiger partial charge >= 0.3 is 0 Å². The predicted molar refractivity (Wildman–Crippen MR) is 60.5 cm³/mol. The Morgan fingerprint density at radius 3 is 3.07 bits per heavy atom. The van der Waals surface area contributed by atoms with Crippen molar-refractivity contribution in [2.24, 2.45) is 0 Å². The molecule has 1 N–H and O–H groups in total. The normalized spacial score (nSPS) is 13.3. The first-order valence-corrected chi connectivity index (χ1v) is 5.22. The summed E-state index contributed by atoms with van der Waals surface area (Å²) in [7, 11) is 0. The van der Waals surface area contributed by atoms with Crippen molar-refractivity contribution in [1.29, 1.82) is 0 Å².